The Kier molecular flexibility index (Phi) is 5.96. The Bertz CT molecular complexity index is 839. The summed E-state index contributed by atoms with van der Waals surface area (Å²) in [5.41, 5.74) is 2.85. The first-order chi connectivity index (χ1) is 13.2. The van der Waals surface area contributed by atoms with Crippen molar-refractivity contribution >= 4 is 11.7 Å². The topological polar surface area (TPSA) is 58.1 Å². The highest BCUT2D eigenvalue weighted by atomic mass is 19.1. The van der Waals surface area contributed by atoms with Crippen LogP contribution in [0.15, 0.2) is 24.3 Å². The lowest BCUT2D eigenvalue weighted by molar-refractivity contribution is -0.129. The number of carbonyl (C=O) groups is 1. The molecule has 1 aromatic carbocycles. The van der Waals surface area contributed by atoms with Gasteiger partial charge in [-0.2, -0.15) is 0 Å². The van der Waals surface area contributed by atoms with Gasteiger partial charge in [0.1, 0.15) is 17.5 Å². The predicted octanol–water partition coefficient (Wildman–Crippen LogP) is 4.77. The molecule has 1 aliphatic rings. The van der Waals surface area contributed by atoms with Crippen molar-refractivity contribution in [3.8, 4) is 0 Å². The van der Waals surface area contributed by atoms with Crippen LogP contribution in [-0.2, 0) is 11.3 Å². The molecule has 2 heterocycles. The number of carbonyl (C=O) groups excluding carboxylic acids is 1. The van der Waals surface area contributed by atoms with E-state index in [0.29, 0.717) is 19.0 Å². The van der Waals surface area contributed by atoms with E-state index in [9.17, 15) is 9.18 Å². The minimum Gasteiger partial charge on any atom is -0.363 e. The molecular formula is C22H29FN4O. The third-order valence-corrected chi connectivity index (χ3v) is 5.17. The van der Waals surface area contributed by atoms with Crippen molar-refractivity contribution < 1.29 is 9.18 Å². The quantitative estimate of drug-likeness (QED) is 0.825. The van der Waals surface area contributed by atoms with Gasteiger partial charge in [-0.05, 0) is 35.6 Å². The number of halogens is 1. The summed E-state index contributed by atoms with van der Waals surface area (Å²) in [5.74, 6) is 1.83. The van der Waals surface area contributed by atoms with Crippen LogP contribution in [0.1, 0.15) is 81.6 Å². The Hall–Kier alpha value is -2.50. The maximum absolute atomic E-state index is 13.8. The lowest BCUT2D eigenvalue weighted by atomic mass is 9.99. The Balaban J connectivity index is 1.97. The normalized spacial score (nSPS) is 16.9. The summed E-state index contributed by atoms with van der Waals surface area (Å²) in [6.45, 7) is 11.0. The van der Waals surface area contributed by atoms with E-state index in [2.05, 4.69) is 38.0 Å². The summed E-state index contributed by atoms with van der Waals surface area (Å²) in [4.78, 5) is 23.1. The molecule has 0 spiro atoms. The van der Waals surface area contributed by atoms with Crippen molar-refractivity contribution in [3.05, 3.63) is 52.7 Å². The maximum Gasteiger partial charge on any atom is 0.219 e. The first kappa shape index (κ1) is 20.2. The number of aromatic nitrogens is 2. The minimum atomic E-state index is -0.283. The molecule has 3 rings (SSSR count). The summed E-state index contributed by atoms with van der Waals surface area (Å²) in [7, 11) is 0. The van der Waals surface area contributed by atoms with Crippen molar-refractivity contribution in [2.75, 3.05) is 11.9 Å². The van der Waals surface area contributed by atoms with Crippen LogP contribution in [0.2, 0.25) is 0 Å². The molecule has 0 saturated heterocycles. The Morgan fingerprint density at radius 3 is 2.57 bits per heavy atom. The summed E-state index contributed by atoms with van der Waals surface area (Å²) < 4.78 is 13.8. The number of nitrogens with one attached hydrogen (secondary N) is 1. The van der Waals surface area contributed by atoms with Crippen LogP contribution in [0.5, 0.6) is 0 Å². The number of fused-ring (bicyclic) bond motifs is 1. The molecule has 2 aromatic rings. The Morgan fingerprint density at radius 1 is 1.18 bits per heavy atom. The summed E-state index contributed by atoms with van der Waals surface area (Å²) in [6, 6.07) is 6.78. The Labute approximate surface area is 166 Å². The molecule has 0 saturated carbocycles. The van der Waals surface area contributed by atoms with Gasteiger partial charge in [0.05, 0.1) is 6.04 Å². The number of anilines is 1. The average molecular weight is 384 g/mol. The van der Waals surface area contributed by atoms with Crippen LogP contribution < -0.4 is 5.32 Å². The van der Waals surface area contributed by atoms with Crippen molar-refractivity contribution in [2.45, 2.75) is 65.5 Å². The van der Waals surface area contributed by atoms with Crippen LogP contribution in [0.4, 0.5) is 10.2 Å². The van der Waals surface area contributed by atoms with Gasteiger partial charge >= 0.3 is 0 Å². The molecule has 28 heavy (non-hydrogen) atoms. The third kappa shape index (κ3) is 4.49. The van der Waals surface area contributed by atoms with Gasteiger partial charge in [0.2, 0.25) is 5.91 Å². The molecule has 1 N–H and O–H groups in total. The molecule has 1 aliphatic heterocycles. The zero-order chi connectivity index (χ0) is 20.4. The molecule has 1 aromatic heterocycles. The highest BCUT2D eigenvalue weighted by molar-refractivity contribution is 5.73. The van der Waals surface area contributed by atoms with Crippen LogP contribution in [0.3, 0.4) is 0 Å². The lowest BCUT2D eigenvalue weighted by Gasteiger charge is -2.21. The fraction of sp³-hybridized carbons (Fsp3) is 0.500. The van der Waals surface area contributed by atoms with E-state index in [-0.39, 0.29) is 23.7 Å². The number of nitrogens with zero attached hydrogens (tertiary/aromatic N) is 3. The molecule has 0 radical (unpaired) electrons. The van der Waals surface area contributed by atoms with Crippen molar-refractivity contribution in [3.63, 3.8) is 0 Å². The van der Waals surface area contributed by atoms with Crippen LogP contribution in [0.25, 0.3) is 0 Å². The number of hydrogen-bond donors (Lipinski definition) is 1. The predicted molar refractivity (Wildman–Crippen MR) is 109 cm³/mol. The van der Waals surface area contributed by atoms with E-state index in [4.69, 9.17) is 4.98 Å². The van der Waals surface area contributed by atoms with Gasteiger partial charge < -0.3 is 10.2 Å². The van der Waals surface area contributed by atoms with Crippen LogP contribution in [0, 0.1) is 5.82 Å². The second-order valence-corrected chi connectivity index (χ2v) is 8.11. The molecule has 0 fully saturated rings. The summed E-state index contributed by atoms with van der Waals surface area (Å²) in [5, 5.41) is 3.54. The maximum atomic E-state index is 13.8. The van der Waals surface area contributed by atoms with Gasteiger partial charge in [-0.1, -0.05) is 33.8 Å². The number of rotatable bonds is 4. The first-order valence-corrected chi connectivity index (χ1v) is 9.93. The zero-order valence-corrected chi connectivity index (χ0v) is 17.3. The molecule has 1 amide bonds. The molecule has 1 atom stereocenters. The molecule has 6 heteroatoms. The van der Waals surface area contributed by atoms with Gasteiger partial charge in [0.25, 0.3) is 0 Å². The second kappa shape index (κ2) is 8.25. The number of amides is 1. The van der Waals surface area contributed by atoms with E-state index in [0.717, 1.165) is 34.9 Å². The van der Waals surface area contributed by atoms with Gasteiger partial charge in [-0.25, -0.2) is 14.4 Å². The van der Waals surface area contributed by atoms with Gasteiger partial charge in [0.15, 0.2) is 0 Å². The van der Waals surface area contributed by atoms with Crippen molar-refractivity contribution in [1.82, 2.24) is 14.9 Å². The highest BCUT2D eigenvalue weighted by Crippen LogP contribution is 2.31. The molecule has 0 bridgehead atoms. The summed E-state index contributed by atoms with van der Waals surface area (Å²) >= 11 is 0. The fourth-order valence-electron chi connectivity index (χ4n) is 3.49. The van der Waals surface area contributed by atoms with Crippen LogP contribution >= 0.6 is 0 Å². The van der Waals surface area contributed by atoms with Gasteiger partial charge in [-0.15, -0.1) is 0 Å². The summed E-state index contributed by atoms with van der Waals surface area (Å²) in [6.07, 6.45) is 0.732. The zero-order valence-electron chi connectivity index (χ0n) is 17.3. The average Bonchev–Trinajstić information content (AvgIpc) is 2.80. The standard InChI is InChI=1S/C22H29FN4O/c1-13(2)20-11-21(26-22(25-20)14(3)4)24-19-8-9-27(15(5)28)12-16-10-17(23)6-7-18(16)19/h6-7,10-11,13-14,19H,8-9,12H2,1-5H3,(H,24,25,26). The minimum absolute atomic E-state index is 0.00193. The molecular weight excluding hydrogens is 355 g/mol. The number of benzene rings is 1. The largest absolute Gasteiger partial charge is 0.363 e. The lowest BCUT2D eigenvalue weighted by Crippen LogP contribution is -2.28. The van der Waals surface area contributed by atoms with Gasteiger partial charge in [0, 0.05) is 37.7 Å². The van der Waals surface area contributed by atoms with E-state index in [1.54, 1.807) is 11.8 Å². The fourth-order valence-corrected chi connectivity index (χ4v) is 3.49. The molecule has 5 nitrogen and oxygen atoms in total. The molecule has 1 unspecified atom stereocenters. The van der Waals surface area contributed by atoms with Crippen LogP contribution in [-0.4, -0.2) is 27.3 Å². The van der Waals surface area contributed by atoms with E-state index in [1.165, 1.54) is 12.1 Å². The Morgan fingerprint density at radius 2 is 1.93 bits per heavy atom. The molecule has 0 aliphatic carbocycles. The van der Waals surface area contributed by atoms with E-state index >= 15 is 0 Å². The first-order valence-electron chi connectivity index (χ1n) is 9.93. The third-order valence-electron chi connectivity index (χ3n) is 5.17. The SMILES string of the molecule is CC(=O)N1CCC(Nc2cc(C(C)C)nc(C(C)C)n2)c2ccc(F)cc2C1. The second-order valence-electron chi connectivity index (χ2n) is 8.11. The van der Waals surface area contributed by atoms with Crippen molar-refractivity contribution in [2.24, 2.45) is 0 Å². The number of hydrogen-bond acceptors (Lipinski definition) is 4. The van der Waals surface area contributed by atoms with E-state index in [1.807, 2.05) is 12.1 Å². The van der Waals surface area contributed by atoms with E-state index < -0.39 is 0 Å². The molecule has 150 valence electrons. The monoisotopic (exact) mass is 384 g/mol. The van der Waals surface area contributed by atoms with Crippen molar-refractivity contribution in [1.29, 1.82) is 0 Å². The smallest absolute Gasteiger partial charge is 0.219 e. The van der Waals surface area contributed by atoms with Gasteiger partial charge in [-0.3, -0.25) is 4.79 Å². The highest BCUT2D eigenvalue weighted by Gasteiger charge is 2.25.